The molecule has 0 heteroatoms. The van der Waals surface area contributed by atoms with Crippen LogP contribution in [-0.4, -0.2) is 0 Å². The largest absolute Gasteiger partial charge is 0.0871 e. The van der Waals surface area contributed by atoms with Crippen LogP contribution in [0.1, 0.15) is 45.7 Å². The maximum absolute atomic E-state index is 2.28. The van der Waals surface area contributed by atoms with Crippen LogP contribution in [0.25, 0.3) is 5.57 Å². The van der Waals surface area contributed by atoms with E-state index in [4.69, 9.17) is 0 Å². The molecule has 92 valence electrons. The lowest BCUT2D eigenvalue weighted by Crippen LogP contribution is -2.08. The molecule has 1 aromatic carbocycles. The Morgan fingerprint density at radius 3 is 2.06 bits per heavy atom. The maximum Gasteiger partial charge on any atom is -0.0187 e. The van der Waals surface area contributed by atoms with Crippen LogP contribution in [0, 0.1) is 5.41 Å². The van der Waals surface area contributed by atoms with E-state index in [9.17, 15) is 0 Å². The molecular weight excluding hydrogens is 204 g/mol. The van der Waals surface area contributed by atoms with Crippen LogP contribution in [0.15, 0.2) is 42.5 Å². The van der Waals surface area contributed by atoms with E-state index in [0.717, 1.165) is 6.42 Å². The Labute approximate surface area is 106 Å². The van der Waals surface area contributed by atoms with E-state index in [1.807, 2.05) is 0 Å². The third kappa shape index (κ3) is 4.60. The maximum atomic E-state index is 2.28. The molecule has 17 heavy (non-hydrogen) atoms. The van der Waals surface area contributed by atoms with Crippen LogP contribution in [0.2, 0.25) is 0 Å². The second kappa shape index (κ2) is 5.86. The Morgan fingerprint density at radius 2 is 1.65 bits per heavy atom. The van der Waals surface area contributed by atoms with Gasteiger partial charge in [-0.25, -0.2) is 0 Å². The number of allylic oxidation sites excluding steroid dienone is 4. The fourth-order valence-electron chi connectivity index (χ4n) is 1.97. The highest BCUT2D eigenvalue weighted by Gasteiger charge is 2.10. The van der Waals surface area contributed by atoms with Gasteiger partial charge in [0.25, 0.3) is 0 Å². The highest BCUT2D eigenvalue weighted by Crippen LogP contribution is 2.22. The van der Waals surface area contributed by atoms with E-state index in [-0.39, 0.29) is 0 Å². The summed E-state index contributed by atoms with van der Waals surface area (Å²) >= 11 is 0. The molecule has 0 amide bonds. The van der Waals surface area contributed by atoms with Crippen LogP contribution >= 0.6 is 0 Å². The summed E-state index contributed by atoms with van der Waals surface area (Å²) in [6.45, 7) is 11.0. The summed E-state index contributed by atoms with van der Waals surface area (Å²) in [4.78, 5) is 0. The molecule has 0 radical (unpaired) electrons. The Morgan fingerprint density at radius 1 is 1.06 bits per heavy atom. The zero-order valence-electron chi connectivity index (χ0n) is 11.7. The zero-order chi connectivity index (χ0) is 12.9. The van der Waals surface area contributed by atoms with E-state index >= 15 is 0 Å². The fraction of sp³-hybridized carbons (Fsp3) is 0.412. The van der Waals surface area contributed by atoms with E-state index < -0.39 is 0 Å². The summed E-state index contributed by atoms with van der Waals surface area (Å²) in [6, 6.07) is 8.92. The Hall–Kier alpha value is -1.30. The van der Waals surface area contributed by atoms with Crippen molar-refractivity contribution in [1.82, 2.24) is 0 Å². The van der Waals surface area contributed by atoms with Crippen LogP contribution in [-0.2, 0) is 6.42 Å². The molecule has 0 N–H and O–H groups in total. The molecule has 0 bridgehead atoms. The standard InChI is InChI=1S/C17H24/c1-6-8-15(7-2)16-11-9-14(10-12-16)13-17(3,4)5/h6-12H,13H2,1-5H3/b8-6-,15-7+. The van der Waals surface area contributed by atoms with Crippen molar-refractivity contribution in [3.8, 4) is 0 Å². The van der Waals surface area contributed by atoms with Crippen molar-refractivity contribution in [2.75, 3.05) is 0 Å². The SMILES string of the molecule is C/C=C\C(=C/C)c1ccc(CC(C)(C)C)cc1. The van der Waals surface area contributed by atoms with Crippen molar-refractivity contribution in [3.05, 3.63) is 53.6 Å². The molecular formula is C17H24. The Kier molecular flexibility index (Phi) is 4.74. The molecule has 0 aliphatic rings. The Balaban J connectivity index is 2.88. The summed E-state index contributed by atoms with van der Waals surface area (Å²) in [6.07, 6.45) is 7.51. The highest BCUT2D eigenvalue weighted by atomic mass is 14.2. The molecule has 0 saturated heterocycles. The average molecular weight is 228 g/mol. The van der Waals surface area contributed by atoms with Gasteiger partial charge >= 0.3 is 0 Å². The molecule has 0 aliphatic heterocycles. The molecule has 0 atom stereocenters. The van der Waals surface area contributed by atoms with E-state index in [0.29, 0.717) is 5.41 Å². The van der Waals surface area contributed by atoms with Crippen molar-refractivity contribution in [2.24, 2.45) is 5.41 Å². The molecule has 0 aliphatic carbocycles. The minimum Gasteiger partial charge on any atom is -0.0871 e. The van der Waals surface area contributed by atoms with Gasteiger partial charge in [0.15, 0.2) is 0 Å². The number of benzene rings is 1. The quantitative estimate of drug-likeness (QED) is 0.619. The summed E-state index contributed by atoms with van der Waals surface area (Å²) in [5.74, 6) is 0. The smallest absolute Gasteiger partial charge is 0.0187 e. The lowest BCUT2D eigenvalue weighted by atomic mass is 9.87. The topological polar surface area (TPSA) is 0 Å². The average Bonchev–Trinajstić information content (AvgIpc) is 2.25. The van der Waals surface area contributed by atoms with Gasteiger partial charge in [-0.3, -0.25) is 0 Å². The minimum atomic E-state index is 0.355. The lowest BCUT2D eigenvalue weighted by molar-refractivity contribution is 0.411. The third-order valence-corrected chi connectivity index (χ3v) is 2.68. The summed E-state index contributed by atoms with van der Waals surface area (Å²) in [7, 11) is 0. The second-order valence-corrected chi connectivity index (χ2v) is 5.68. The number of rotatable bonds is 3. The van der Waals surface area contributed by atoms with Crippen LogP contribution in [0.4, 0.5) is 0 Å². The normalized spacial score (nSPS) is 13.4. The first-order valence-electron chi connectivity index (χ1n) is 6.34. The molecule has 0 unspecified atom stereocenters. The van der Waals surface area contributed by atoms with Gasteiger partial charge in [-0.2, -0.15) is 0 Å². The van der Waals surface area contributed by atoms with Crippen molar-refractivity contribution in [1.29, 1.82) is 0 Å². The zero-order valence-corrected chi connectivity index (χ0v) is 11.7. The van der Waals surface area contributed by atoms with E-state index in [1.54, 1.807) is 0 Å². The molecule has 1 aromatic rings. The first kappa shape index (κ1) is 13.8. The molecule has 0 aromatic heterocycles. The van der Waals surface area contributed by atoms with Crippen LogP contribution in [0.5, 0.6) is 0 Å². The van der Waals surface area contributed by atoms with Gasteiger partial charge in [-0.15, -0.1) is 0 Å². The van der Waals surface area contributed by atoms with Crippen molar-refractivity contribution in [3.63, 3.8) is 0 Å². The fourth-order valence-corrected chi connectivity index (χ4v) is 1.97. The molecule has 1 rings (SSSR count). The van der Waals surface area contributed by atoms with Crippen LogP contribution < -0.4 is 0 Å². The predicted octanol–water partition coefficient (Wildman–Crippen LogP) is 5.25. The van der Waals surface area contributed by atoms with E-state index in [2.05, 4.69) is 77.1 Å². The molecule has 0 heterocycles. The molecule has 0 fully saturated rings. The number of hydrogen-bond donors (Lipinski definition) is 0. The van der Waals surface area contributed by atoms with Crippen molar-refractivity contribution < 1.29 is 0 Å². The first-order chi connectivity index (χ1) is 7.96. The predicted molar refractivity (Wildman–Crippen MR) is 78.1 cm³/mol. The van der Waals surface area contributed by atoms with Gasteiger partial charge in [-0.1, -0.05) is 63.3 Å². The van der Waals surface area contributed by atoms with Gasteiger partial charge in [0.1, 0.15) is 0 Å². The van der Waals surface area contributed by atoms with Crippen molar-refractivity contribution >= 4 is 5.57 Å². The first-order valence-corrected chi connectivity index (χ1v) is 6.34. The monoisotopic (exact) mass is 228 g/mol. The Bertz CT molecular complexity index is 397. The second-order valence-electron chi connectivity index (χ2n) is 5.68. The van der Waals surface area contributed by atoms with Gasteiger partial charge in [0.2, 0.25) is 0 Å². The lowest BCUT2D eigenvalue weighted by Gasteiger charge is -2.18. The van der Waals surface area contributed by atoms with Crippen molar-refractivity contribution in [2.45, 2.75) is 41.0 Å². The summed E-state index contributed by atoms with van der Waals surface area (Å²) in [5, 5.41) is 0. The summed E-state index contributed by atoms with van der Waals surface area (Å²) in [5.41, 5.74) is 4.35. The van der Waals surface area contributed by atoms with E-state index in [1.165, 1.54) is 16.7 Å². The molecule has 0 spiro atoms. The van der Waals surface area contributed by atoms with Gasteiger partial charge < -0.3 is 0 Å². The molecule has 0 nitrogen and oxygen atoms in total. The highest BCUT2D eigenvalue weighted by molar-refractivity contribution is 5.73. The minimum absolute atomic E-state index is 0.355. The van der Waals surface area contributed by atoms with Crippen LogP contribution in [0.3, 0.4) is 0 Å². The number of hydrogen-bond acceptors (Lipinski definition) is 0. The third-order valence-electron chi connectivity index (χ3n) is 2.68. The summed E-state index contributed by atoms with van der Waals surface area (Å²) < 4.78 is 0. The van der Waals surface area contributed by atoms with Gasteiger partial charge in [-0.05, 0) is 42.4 Å². The van der Waals surface area contributed by atoms with Gasteiger partial charge in [0, 0.05) is 0 Å². The van der Waals surface area contributed by atoms with Gasteiger partial charge in [0.05, 0.1) is 0 Å². The molecule has 0 saturated carbocycles.